The quantitative estimate of drug-likeness (QED) is 0.795. The van der Waals surface area contributed by atoms with Crippen LogP contribution in [-0.2, 0) is 4.74 Å². The molecule has 0 saturated carbocycles. The van der Waals surface area contributed by atoms with Crippen LogP contribution in [0.25, 0.3) is 0 Å². The number of hydrogen-bond donors (Lipinski definition) is 2. The zero-order chi connectivity index (χ0) is 17.7. The Morgan fingerprint density at radius 1 is 1.25 bits per heavy atom. The van der Waals surface area contributed by atoms with Crippen LogP contribution < -0.4 is 10.6 Å². The Morgan fingerprint density at radius 2 is 2.00 bits per heavy atom. The first kappa shape index (κ1) is 17.5. The van der Waals surface area contributed by atoms with E-state index in [1.807, 2.05) is 0 Å². The van der Waals surface area contributed by atoms with E-state index in [1.54, 1.807) is 13.8 Å². The molecule has 0 saturated heterocycles. The summed E-state index contributed by atoms with van der Waals surface area (Å²) in [6.45, 7) is 3.49. The van der Waals surface area contributed by atoms with Gasteiger partial charge in [0, 0.05) is 19.4 Å². The Bertz CT molecular complexity index is 773. The molecule has 0 bridgehead atoms. The molecular formula is C15H16N4O4S. The zero-order valence-electron chi connectivity index (χ0n) is 13.4. The van der Waals surface area contributed by atoms with Gasteiger partial charge in [0.15, 0.2) is 0 Å². The Labute approximate surface area is 142 Å². The SMILES string of the molecule is CCOC(=O)c1c(NC(=O)c2cnccn2)sc(C(=O)NC)c1C. The van der Waals surface area contributed by atoms with Crippen molar-refractivity contribution in [2.45, 2.75) is 13.8 Å². The topological polar surface area (TPSA) is 110 Å². The van der Waals surface area contributed by atoms with Crippen LogP contribution in [0.15, 0.2) is 18.6 Å². The third-order valence-electron chi connectivity index (χ3n) is 3.08. The minimum absolute atomic E-state index is 0.0971. The smallest absolute Gasteiger partial charge is 0.341 e. The number of anilines is 1. The van der Waals surface area contributed by atoms with Crippen LogP contribution in [0, 0.1) is 6.92 Å². The van der Waals surface area contributed by atoms with E-state index in [2.05, 4.69) is 20.6 Å². The average Bonchev–Trinajstić information content (AvgIpc) is 2.91. The molecule has 0 aromatic carbocycles. The van der Waals surface area contributed by atoms with Gasteiger partial charge in [0.05, 0.1) is 23.2 Å². The number of nitrogens with one attached hydrogen (secondary N) is 2. The Balaban J connectivity index is 2.42. The van der Waals surface area contributed by atoms with E-state index < -0.39 is 11.9 Å². The summed E-state index contributed by atoms with van der Waals surface area (Å²) in [6, 6.07) is 0. The zero-order valence-corrected chi connectivity index (χ0v) is 14.2. The third-order valence-corrected chi connectivity index (χ3v) is 4.29. The van der Waals surface area contributed by atoms with Gasteiger partial charge in [-0.05, 0) is 19.4 Å². The van der Waals surface area contributed by atoms with Crippen LogP contribution in [0.2, 0.25) is 0 Å². The minimum atomic E-state index is -0.601. The highest BCUT2D eigenvalue weighted by molar-refractivity contribution is 7.18. The van der Waals surface area contributed by atoms with Crippen LogP contribution in [0.4, 0.5) is 5.00 Å². The van der Waals surface area contributed by atoms with Crippen LogP contribution in [-0.4, -0.2) is 41.4 Å². The molecule has 2 N–H and O–H groups in total. The van der Waals surface area contributed by atoms with Gasteiger partial charge in [0.25, 0.3) is 11.8 Å². The van der Waals surface area contributed by atoms with E-state index in [1.165, 1.54) is 25.6 Å². The molecule has 0 unspecified atom stereocenters. The molecule has 0 aliphatic carbocycles. The molecule has 0 fully saturated rings. The van der Waals surface area contributed by atoms with Gasteiger partial charge in [-0.15, -0.1) is 11.3 Å². The Hall–Kier alpha value is -2.81. The number of amides is 2. The highest BCUT2D eigenvalue weighted by Crippen LogP contribution is 2.34. The lowest BCUT2D eigenvalue weighted by atomic mass is 10.1. The number of carbonyl (C=O) groups excluding carboxylic acids is 3. The highest BCUT2D eigenvalue weighted by Gasteiger charge is 2.26. The molecule has 8 nitrogen and oxygen atoms in total. The molecule has 0 atom stereocenters. The maximum Gasteiger partial charge on any atom is 0.341 e. The second-order valence-electron chi connectivity index (χ2n) is 4.60. The lowest BCUT2D eigenvalue weighted by Gasteiger charge is -2.06. The predicted octanol–water partition coefficient (Wildman–Crippen LogP) is 1.64. The van der Waals surface area contributed by atoms with Crippen molar-refractivity contribution in [1.82, 2.24) is 15.3 Å². The predicted molar refractivity (Wildman–Crippen MR) is 88.4 cm³/mol. The third kappa shape index (κ3) is 3.57. The number of hydrogen-bond acceptors (Lipinski definition) is 7. The van der Waals surface area contributed by atoms with Crippen molar-refractivity contribution in [2.75, 3.05) is 19.0 Å². The first-order valence-electron chi connectivity index (χ1n) is 7.09. The normalized spacial score (nSPS) is 10.1. The number of carbonyl (C=O) groups is 3. The summed E-state index contributed by atoms with van der Waals surface area (Å²) < 4.78 is 5.02. The summed E-state index contributed by atoms with van der Waals surface area (Å²) in [5.41, 5.74) is 0.713. The standard InChI is InChI=1S/C15H16N4O4S/c1-4-23-15(22)10-8(2)11(13(21)16-3)24-14(10)19-12(20)9-7-17-5-6-18-9/h5-7H,4H2,1-3H3,(H,16,21)(H,19,20). The second kappa shape index (κ2) is 7.64. The maximum atomic E-state index is 12.2. The lowest BCUT2D eigenvalue weighted by Crippen LogP contribution is -2.18. The van der Waals surface area contributed by atoms with Gasteiger partial charge >= 0.3 is 5.97 Å². The molecule has 9 heteroatoms. The molecule has 0 spiro atoms. The molecule has 2 rings (SSSR count). The molecule has 2 aromatic rings. The van der Waals surface area contributed by atoms with Crippen LogP contribution in [0.5, 0.6) is 0 Å². The van der Waals surface area contributed by atoms with Gasteiger partial charge < -0.3 is 15.4 Å². The van der Waals surface area contributed by atoms with Crippen molar-refractivity contribution >= 4 is 34.1 Å². The first-order valence-corrected chi connectivity index (χ1v) is 7.91. The second-order valence-corrected chi connectivity index (χ2v) is 5.63. The van der Waals surface area contributed by atoms with E-state index in [4.69, 9.17) is 4.74 Å². The fourth-order valence-corrected chi connectivity index (χ4v) is 3.10. The molecule has 2 aromatic heterocycles. The van der Waals surface area contributed by atoms with Crippen molar-refractivity contribution in [3.05, 3.63) is 40.3 Å². The fraction of sp³-hybridized carbons (Fsp3) is 0.267. The number of esters is 1. The number of aromatic nitrogens is 2. The molecule has 24 heavy (non-hydrogen) atoms. The lowest BCUT2D eigenvalue weighted by molar-refractivity contribution is 0.0527. The number of thiophene rings is 1. The number of rotatable bonds is 5. The first-order chi connectivity index (χ1) is 11.5. The summed E-state index contributed by atoms with van der Waals surface area (Å²) in [4.78, 5) is 44.4. The summed E-state index contributed by atoms with van der Waals surface area (Å²) in [5, 5.41) is 5.34. The highest BCUT2D eigenvalue weighted by atomic mass is 32.1. The van der Waals surface area contributed by atoms with Crippen LogP contribution in [0.3, 0.4) is 0 Å². The molecular weight excluding hydrogens is 332 g/mol. The van der Waals surface area contributed by atoms with Crippen LogP contribution in [0.1, 0.15) is 43.0 Å². The molecule has 126 valence electrons. The Morgan fingerprint density at radius 3 is 2.58 bits per heavy atom. The van der Waals surface area contributed by atoms with Gasteiger partial charge in [0.2, 0.25) is 0 Å². The van der Waals surface area contributed by atoms with Gasteiger partial charge in [-0.1, -0.05) is 0 Å². The van der Waals surface area contributed by atoms with E-state index in [9.17, 15) is 14.4 Å². The van der Waals surface area contributed by atoms with Gasteiger partial charge in [-0.25, -0.2) is 9.78 Å². The summed E-state index contributed by atoms with van der Waals surface area (Å²) in [5.74, 6) is -1.47. The molecule has 0 aliphatic rings. The van der Waals surface area contributed by atoms with Crippen molar-refractivity contribution < 1.29 is 19.1 Å². The summed E-state index contributed by atoms with van der Waals surface area (Å²) in [6.07, 6.45) is 4.14. The van der Waals surface area contributed by atoms with E-state index in [0.29, 0.717) is 10.4 Å². The average molecular weight is 348 g/mol. The summed E-state index contributed by atoms with van der Waals surface area (Å²) in [7, 11) is 1.49. The minimum Gasteiger partial charge on any atom is -0.462 e. The summed E-state index contributed by atoms with van der Waals surface area (Å²) >= 11 is 1.00. The van der Waals surface area contributed by atoms with Crippen molar-refractivity contribution in [3.63, 3.8) is 0 Å². The number of nitrogens with zero attached hydrogens (tertiary/aromatic N) is 2. The monoisotopic (exact) mass is 348 g/mol. The van der Waals surface area contributed by atoms with E-state index >= 15 is 0 Å². The maximum absolute atomic E-state index is 12.2. The van der Waals surface area contributed by atoms with Crippen molar-refractivity contribution in [2.24, 2.45) is 0 Å². The Kier molecular flexibility index (Phi) is 5.59. The fourth-order valence-electron chi connectivity index (χ4n) is 1.96. The number of ether oxygens (including phenoxy) is 1. The van der Waals surface area contributed by atoms with Gasteiger partial charge in [-0.3, -0.25) is 14.6 Å². The van der Waals surface area contributed by atoms with E-state index in [-0.39, 0.29) is 28.8 Å². The van der Waals surface area contributed by atoms with Gasteiger partial charge in [0.1, 0.15) is 10.7 Å². The van der Waals surface area contributed by atoms with Crippen molar-refractivity contribution in [1.29, 1.82) is 0 Å². The largest absolute Gasteiger partial charge is 0.462 e. The van der Waals surface area contributed by atoms with E-state index in [0.717, 1.165) is 11.3 Å². The molecule has 2 heterocycles. The van der Waals surface area contributed by atoms with Crippen molar-refractivity contribution in [3.8, 4) is 0 Å². The van der Waals surface area contributed by atoms with Crippen LogP contribution >= 0.6 is 11.3 Å². The molecule has 2 amide bonds. The molecule has 0 aliphatic heterocycles. The van der Waals surface area contributed by atoms with Gasteiger partial charge in [-0.2, -0.15) is 0 Å². The molecule has 0 radical (unpaired) electrons.